The molecule has 0 saturated heterocycles. The van der Waals surface area contributed by atoms with Crippen LogP contribution in [0.4, 0.5) is 33.7 Å². The SMILES string of the molecule is COc1cc(S(=O)(=O)N2C[C@H]([C@H](CC(=O)O)C3CC3)Oc3ccc(NC(=O)OC(C)(C)C(F)(F)F)cc32)ccc1F. The molecule has 0 spiro atoms. The van der Waals surface area contributed by atoms with Crippen LogP contribution in [0.2, 0.25) is 0 Å². The van der Waals surface area contributed by atoms with Crippen LogP contribution < -0.4 is 19.1 Å². The smallest absolute Gasteiger partial charge is 0.427 e. The van der Waals surface area contributed by atoms with Crippen LogP contribution in [0.25, 0.3) is 0 Å². The highest BCUT2D eigenvalue weighted by molar-refractivity contribution is 7.92. The number of amides is 1. The van der Waals surface area contributed by atoms with Gasteiger partial charge < -0.3 is 19.3 Å². The molecule has 10 nitrogen and oxygen atoms in total. The largest absolute Gasteiger partial charge is 0.494 e. The molecular formula is C26H28F4N2O8S. The lowest BCUT2D eigenvalue weighted by Gasteiger charge is -2.39. The Balaban J connectivity index is 1.73. The van der Waals surface area contributed by atoms with Crippen LogP contribution in [0.5, 0.6) is 11.5 Å². The van der Waals surface area contributed by atoms with Crippen molar-refractivity contribution in [2.45, 2.75) is 55.9 Å². The molecule has 1 aliphatic carbocycles. The monoisotopic (exact) mass is 604 g/mol. The lowest BCUT2D eigenvalue weighted by Crippen LogP contribution is -2.47. The Morgan fingerprint density at radius 1 is 1.17 bits per heavy atom. The molecule has 2 aromatic rings. The molecule has 2 atom stereocenters. The number of benzene rings is 2. The van der Waals surface area contributed by atoms with Crippen molar-refractivity contribution in [3.8, 4) is 11.5 Å². The number of hydrogen-bond donors (Lipinski definition) is 2. The Morgan fingerprint density at radius 2 is 1.85 bits per heavy atom. The fourth-order valence-corrected chi connectivity index (χ4v) is 5.99. The molecule has 4 rings (SSSR count). The second kappa shape index (κ2) is 10.9. The number of sulfonamides is 1. The average molecular weight is 605 g/mol. The van der Waals surface area contributed by atoms with Gasteiger partial charge in [0.25, 0.3) is 10.0 Å². The Labute approximate surface area is 233 Å². The third kappa shape index (κ3) is 6.44. The van der Waals surface area contributed by atoms with E-state index in [9.17, 15) is 40.7 Å². The zero-order chi connectivity index (χ0) is 30.3. The van der Waals surface area contributed by atoms with Crippen molar-refractivity contribution < 1.29 is 54.9 Å². The minimum atomic E-state index is -4.85. The molecule has 2 aliphatic rings. The van der Waals surface area contributed by atoms with Crippen molar-refractivity contribution in [2.24, 2.45) is 11.8 Å². The minimum Gasteiger partial charge on any atom is -0.494 e. The molecular weight excluding hydrogens is 576 g/mol. The summed E-state index contributed by atoms with van der Waals surface area (Å²) in [4.78, 5) is 23.5. The van der Waals surface area contributed by atoms with Crippen molar-refractivity contribution in [1.29, 1.82) is 0 Å². The molecule has 224 valence electrons. The van der Waals surface area contributed by atoms with E-state index in [1.165, 1.54) is 18.2 Å². The first kappa shape index (κ1) is 30.2. The standard InChI is InChI=1S/C26H28F4N2O8S/c1-25(2,26(28,29)30)40-24(35)31-15-6-9-20-19(10-15)32(13-22(39-20)17(12-23(33)34)14-4-5-14)41(36,37)16-7-8-18(27)21(11-16)38-3/h6-11,14,17,22H,4-5,12-13H2,1-3H3,(H,31,35)(H,33,34)/t17-,22-/m1/s1. The third-order valence-corrected chi connectivity index (χ3v) is 8.73. The molecule has 1 heterocycles. The number of anilines is 2. The summed E-state index contributed by atoms with van der Waals surface area (Å²) in [5.74, 6) is -2.67. The Morgan fingerprint density at radius 3 is 2.44 bits per heavy atom. The van der Waals surface area contributed by atoms with Gasteiger partial charge in [-0.05, 0) is 62.9 Å². The van der Waals surface area contributed by atoms with E-state index in [0.717, 1.165) is 42.5 Å². The number of nitrogens with one attached hydrogen (secondary N) is 1. The van der Waals surface area contributed by atoms with E-state index in [1.54, 1.807) is 0 Å². The van der Waals surface area contributed by atoms with E-state index in [2.05, 4.69) is 10.1 Å². The number of nitrogens with zero attached hydrogens (tertiary/aromatic N) is 1. The summed E-state index contributed by atoms with van der Waals surface area (Å²) >= 11 is 0. The average Bonchev–Trinajstić information content (AvgIpc) is 3.71. The molecule has 2 aromatic carbocycles. The van der Waals surface area contributed by atoms with Gasteiger partial charge in [-0.1, -0.05) is 0 Å². The summed E-state index contributed by atoms with van der Waals surface area (Å²) in [5.41, 5.74) is -2.99. The number of fused-ring (bicyclic) bond motifs is 1. The van der Waals surface area contributed by atoms with Crippen molar-refractivity contribution in [3.63, 3.8) is 0 Å². The third-order valence-electron chi connectivity index (χ3n) is 6.95. The minimum absolute atomic E-state index is 0.0146. The normalized spacial score (nSPS) is 18.1. The van der Waals surface area contributed by atoms with Crippen molar-refractivity contribution in [1.82, 2.24) is 0 Å². The van der Waals surface area contributed by atoms with Gasteiger partial charge in [-0.15, -0.1) is 0 Å². The van der Waals surface area contributed by atoms with E-state index in [0.29, 0.717) is 13.8 Å². The molecule has 1 amide bonds. The molecule has 0 radical (unpaired) electrons. The quantitative estimate of drug-likeness (QED) is 0.375. The topological polar surface area (TPSA) is 131 Å². The van der Waals surface area contributed by atoms with Crippen LogP contribution >= 0.6 is 0 Å². The van der Waals surface area contributed by atoms with Gasteiger partial charge in [-0.25, -0.2) is 17.6 Å². The fraction of sp³-hybridized carbons (Fsp3) is 0.462. The van der Waals surface area contributed by atoms with E-state index in [1.807, 2.05) is 0 Å². The summed E-state index contributed by atoms with van der Waals surface area (Å²) in [6.45, 7) is 1.02. The molecule has 1 saturated carbocycles. The molecule has 0 unspecified atom stereocenters. The van der Waals surface area contributed by atoms with Crippen LogP contribution in [0.3, 0.4) is 0 Å². The van der Waals surface area contributed by atoms with Gasteiger partial charge in [0.1, 0.15) is 11.9 Å². The fourth-order valence-electron chi connectivity index (χ4n) is 4.49. The highest BCUT2D eigenvalue weighted by Gasteiger charge is 2.51. The van der Waals surface area contributed by atoms with Crippen LogP contribution in [0.15, 0.2) is 41.3 Å². The van der Waals surface area contributed by atoms with E-state index in [-0.39, 0.29) is 46.7 Å². The number of carboxylic acids is 1. The van der Waals surface area contributed by atoms with Gasteiger partial charge in [0.15, 0.2) is 11.6 Å². The predicted molar refractivity (Wildman–Crippen MR) is 137 cm³/mol. The second-order valence-corrected chi connectivity index (χ2v) is 12.2. The molecule has 1 fully saturated rings. The molecule has 0 bridgehead atoms. The zero-order valence-electron chi connectivity index (χ0n) is 22.2. The molecule has 2 N–H and O–H groups in total. The van der Waals surface area contributed by atoms with Crippen LogP contribution in [-0.2, 0) is 19.6 Å². The number of carbonyl (C=O) groups is 2. The number of methoxy groups -OCH3 is 1. The zero-order valence-corrected chi connectivity index (χ0v) is 23.0. The van der Waals surface area contributed by atoms with Gasteiger partial charge in [0.05, 0.1) is 30.7 Å². The Kier molecular flexibility index (Phi) is 8.04. The van der Waals surface area contributed by atoms with Crippen molar-refractivity contribution in [2.75, 3.05) is 23.3 Å². The maximum Gasteiger partial charge on any atom is 0.427 e. The lowest BCUT2D eigenvalue weighted by atomic mass is 9.92. The van der Waals surface area contributed by atoms with Gasteiger partial charge in [-0.3, -0.25) is 14.4 Å². The summed E-state index contributed by atoms with van der Waals surface area (Å²) in [5, 5.41) is 11.6. The van der Waals surface area contributed by atoms with E-state index >= 15 is 0 Å². The first-order valence-corrected chi connectivity index (χ1v) is 13.9. The second-order valence-electron chi connectivity index (χ2n) is 10.3. The number of carbonyl (C=O) groups excluding carboxylic acids is 1. The van der Waals surface area contributed by atoms with Crippen molar-refractivity contribution in [3.05, 3.63) is 42.2 Å². The molecule has 0 aromatic heterocycles. The van der Waals surface area contributed by atoms with Gasteiger partial charge >= 0.3 is 18.2 Å². The lowest BCUT2D eigenvalue weighted by molar-refractivity contribution is -0.242. The Hall–Kier alpha value is -3.75. The number of alkyl halides is 3. The van der Waals surface area contributed by atoms with Gasteiger partial charge in [0.2, 0.25) is 5.60 Å². The first-order valence-electron chi connectivity index (χ1n) is 12.5. The summed E-state index contributed by atoms with van der Waals surface area (Å²) in [7, 11) is -3.29. The number of hydrogen-bond acceptors (Lipinski definition) is 7. The number of rotatable bonds is 9. The molecule has 15 heteroatoms. The first-order chi connectivity index (χ1) is 19.0. The summed E-state index contributed by atoms with van der Waals surface area (Å²) in [6, 6.07) is 6.70. The van der Waals surface area contributed by atoms with Gasteiger partial charge in [-0.2, -0.15) is 13.2 Å². The maximum absolute atomic E-state index is 14.1. The van der Waals surface area contributed by atoms with E-state index < -0.39 is 51.7 Å². The number of aliphatic carboxylic acids is 1. The van der Waals surface area contributed by atoms with Crippen LogP contribution in [0, 0.1) is 17.7 Å². The number of ether oxygens (including phenoxy) is 3. The summed E-state index contributed by atoms with van der Waals surface area (Å²) in [6.07, 6.45) is -5.89. The molecule has 1 aliphatic heterocycles. The maximum atomic E-state index is 14.1. The highest BCUT2D eigenvalue weighted by Crippen LogP contribution is 2.46. The predicted octanol–water partition coefficient (Wildman–Crippen LogP) is 5.18. The highest BCUT2D eigenvalue weighted by atomic mass is 32.2. The van der Waals surface area contributed by atoms with E-state index in [4.69, 9.17) is 9.47 Å². The van der Waals surface area contributed by atoms with Gasteiger partial charge in [0, 0.05) is 17.7 Å². The number of carboxylic acid groups (broad SMARTS) is 1. The number of halogens is 4. The Bertz CT molecular complexity index is 1440. The van der Waals surface area contributed by atoms with Crippen LogP contribution in [-0.4, -0.2) is 57.1 Å². The van der Waals surface area contributed by atoms with Crippen molar-refractivity contribution >= 4 is 33.5 Å². The summed E-state index contributed by atoms with van der Waals surface area (Å²) < 4.78 is 97.7. The molecule has 41 heavy (non-hydrogen) atoms. The van der Waals surface area contributed by atoms with Crippen LogP contribution in [0.1, 0.15) is 33.1 Å².